The summed E-state index contributed by atoms with van der Waals surface area (Å²) >= 11 is -2.41. The van der Waals surface area contributed by atoms with Gasteiger partial charge in [-0.15, -0.1) is 0 Å². The lowest BCUT2D eigenvalue weighted by Gasteiger charge is -2.02. The number of rotatable bonds is 3. The van der Waals surface area contributed by atoms with Crippen molar-refractivity contribution in [3.05, 3.63) is 24.0 Å². The third-order valence-electron chi connectivity index (χ3n) is 0.984. The van der Waals surface area contributed by atoms with Crippen LogP contribution < -0.4 is 0 Å². The minimum absolute atomic E-state index is 0.0968. The quantitative estimate of drug-likeness (QED) is 0.648. The van der Waals surface area contributed by atoms with E-state index < -0.39 is 11.4 Å². The van der Waals surface area contributed by atoms with Crippen molar-refractivity contribution in [1.82, 2.24) is 4.98 Å². The predicted molar refractivity (Wildman–Crippen MR) is 34.5 cm³/mol. The van der Waals surface area contributed by atoms with E-state index in [2.05, 4.69) is 9.17 Å². The van der Waals surface area contributed by atoms with Gasteiger partial charge in [0.2, 0.25) is 0 Å². The molecule has 0 aromatic carbocycles. The molecule has 56 valence electrons. The first-order chi connectivity index (χ1) is 4.79. The first-order valence-electron chi connectivity index (χ1n) is 2.63. The van der Waals surface area contributed by atoms with E-state index in [1.54, 1.807) is 18.5 Å². The molecule has 0 aliphatic rings. The van der Waals surface area contributed by atoms with Crippen LogP contribution in [0.1, 0.15) is 5.56 Å². The zero-order chi connectivity index (χ0) is 7.40. The van der Waals surface area contributed by atoms with Crippen LogP contribution in [0.5, 0.6) is 0 Å². The van der Waals surface area contributed by atoms with E-state index in [-0.39, 0.29) is 6.61 Å². The molecule has 5 heteroatoms. The topological polar surface area (TPSA) is 65.2 Å². The van der Waals surface area contributed by atoms with E-state index in [1.807, 2.05) is 0 Å². The summed E-state index contributed by atoms with van der Waals surface area (Å²) in [4.78, 5) is 2.77. The molecule has 1 aromatic heterocycles. The van der Waals surface area contributed by atoms with Gasteiger partial charge in [-0.05, 0) is 11.6 Å². The molecule has 0 aliphatic carbocycles. The standard InChI is InChI=1S/C5H7NO3S/c7-10(8)9-4-5-1-2-6-3-5/h1-3,6H,4H2,(H,7,8)/p-1. The fraction of sp³-hybridized carbons (Fsp3) is 0.200. The van der Waals surface area contributed by atoms with Gasteiger partial charge in [-0.2, -0.15) is 0 Å². The zero-order valence-corrected chi connectivity index (χ0v) is 5.89. The van der Waals surface area contributed by atoms with E-state index in [0.717, 1.165) is 5.56 Å². The Labute approximate surface area is 60.7 Å². The number of hydrogen-bond acceptors (Lipinski definition) is 3. The first-order valence-corrected chi connectivity index (χ1v) is 3.63. The van der Waals surface area contributed by atoms with Gasteiger partial charge in [0.1, 0.15) is 0 Å². The third kappa shape index (κ3) is 2.30. The summed E-state index contributed by atoms with van der Waals surface area (Å²) in [6.07, 6.45) is 3.37. The highest BCUT2D eigenvalue weighted by molar-refractivity contribution is 7.74. The molecule has 0 aliphatic heterocycles. The van der Waals surface area contributed by atoms with Gasteiger partial charge in [-0.1, -0.05) is 0 Å². The average Bonchev–Trinajstić information content (AvgIpc) is 2.34. The molecule has 0 spiro atoms. The third-order valence-corrected chi connectivity index (χ3v) is 1.29. The summed E-state index contributed by atoms with van der Waals surface area (Å²) in [5.41, 5.74) is 0.809. The second-order valence-corrected chi connectivity index (χ2v) is 2.33. The molecule has 1 heterocycles. The molecule has 0 radical (unpaired) electrons. The molecule has 1 atom stereocenters. The van der Waals surface area contributed by atoms with Crippen molar-refractivity contribution < 1.29 is 12.9 Å². The maximum Gasteiger partial charge on any atom is 0.0894 e. The van der Waals surface area contributed by atoms with E-state index in [4.69, 9.17) is 0 Å². The van der Waals surface area contributed by atoms with Crippen molar-refractivity contribution in [3.8, 4) is 0 Å². The lowest BCUT2D eigenvalue weighted by Crippen LogP contribution is -1.94. The highest BCUT2D eigenvalue weighted by Crippen LogP contribution is 1.98. The molecule has 1 unspecified atom stereocenters. The fourth-order valence-corrected chi connectivity index (χ4v) is 0.797. The number of H-pyrrole nitrogens is 1. The van der Waals surface area contributed by atoms with Crippen LogP contribution >= 0.6 is 0 Å². The highest BCUT2D eigenvalue weighted by atomic mass is 32.2. The minimum atomic E-state index is -2.41. The molecule has 0 amide bonds. The van der Waals surface area contributed by atoms with Gasteiger partial charge in [0.05, 0.1) is 18.0 Å². The molecular formula is C5H6NO3S-. The summed E-state index contributed by atoms with van der Waals surface area (Å²) in [6.45, 7) is 0.0968. The second-order valence-electron chi connectivity index (χ2n) is 1.69. The van der Waals surface area contributed by atoms with Crippen LogP contribution in [0.2, 0.25) is 0 Å². The van der Waals surface area contributed by atoms with Gasteiger partial charge < -0.3 is 9.54 Å². The van der Waals surface area contributed by atoms with Gasteiger partial charge in [-0.25, -0.2) is 4.21 Å². The Balaban J connectivity index is 2.35. The lowest BCUT2D eigenvalue weighted by molar-refractivity contribution is 0.291. The van der Waals surface area contributed by atoms with Gasteiger partial charge in [0.25, 0.3) is 0 Å². The van der Waals surface area contributed by atoms with E-state index in [1.165, 1.54) is 0 Å². The number of aromatic amines is 1. The van der Waals surface area contributed by atoms with Gasteiger partial charge in [-0.3, -0.25) is 4.18 Å². The molecule has 1 aromatic rings. The van der Waals surface area contributed by atoms with Crippen LogP contribution in [-0.4, -0.2) is 13.7 Å². The van der Waals surface area contributed by atoms with Crippen molar-refractivity contribution in [2.45, 2.75) is 6.61 Å². The Bertz CT molecular complexity index is 209. The Hall–Kier alpha value is -0.650. The Morgan fingerprint density at radius 1 is 1.80 bits per heavy atom. The molecule has 10 heavy (non-hydrogen) atoms. The SMILES string of the molecule is O=S([O-])OCc1cc[nH]c1. The molecule has 1 N–H and O–H groups in total. The Morgan fingerprint density at radius 2 is 2.60 bits per heavy atom. The van der Waals surface area contributed by atoms with Crippen molar-refractivity contribution in [1.29, 1.82) is 0 Å². The van der Waals surface area contributed by atoms with Crippen molar-refractivity contribution in [2.24, 2.45) is 0 Å². The maximum absolute atomic E-state index is 9.86. The van der Waals surface area contributed by atoms with Crippen molar-refractivity contribution in [3.63, 3.8) is 0 Å². The zero-order valence-electron chi connectivity index (χ0n) is 5.07. The summed E-state index contributed by atoms with van der Waals surface area (Å²) in [7, 11) is 0. The first kappa shape index (κ1) is 7.46. The molecular weight excluding hydrogens is 154 g/mol. The summed E-state index contributed by atoms with van der Waals surface area (Å²) in [6, 6.07) is 1.74. The highest BCUT2D eigenvalue weighted by Gasteiger charge is 1.90. The van der Waals surface area contributed by atoms with Gasteiger partial charge >= 0.3 is 0 Å². The van der Waals surface area contributed by atoms with Crippen LogP contribution in [0.15, 0.2) is 18.5 Å². The van der Waals surface area contributed by atoms with E-state index >= 15 is 0 Å². The second kappa shape index (κ2) is 3.50. The smallest absolute Gasteiger partial charge is 0.0894 e. The van der Waals surface area contributed by atoms with Crippen molar-refractivity contribution >= 4 is 11.4 Å². The van der Waals surface area contributed by atoms with Gasteiger partial charge in [0, 0.05) is 12.4 Å². The van der Waals surface area contributed by atoms with Crippen LogP contribution in [0.4, 0.5) is 0 Å². The Kier molecular flexibility index (Phi) is 2.61. The molecule has 0 saturated carbocycles. The Morgan fingerprint density at radius 3 is 3.10 bits per heavy atom. The van der Waals surface area contributed by atoms with E-state index in [9.17, 15) is 8.76 Å². The minimum Gasteiger partial charge on any atom is -0.750 e. The number of nitrogens with one attached hydrogen (secondary N) is 1. The van der Waals surface area contributed by atoms with Crippen LogP contribution in [0.3, 0.4) is 0 Å². The van der Waals surface area contributed by atoms with Crippen LogP contribution in [0, 0.1) is 0 Å². The number of hydrogen-bond donors (Lipinski definition) is 1. The number of aromatic nitrogens is 1. The van der Waals surface area contributed by atoms with Crippen molar-refractivity contribution in [2.75, 3.05) is 0 Å². The molecule has 0 saturated heterocycles. The molecule has 0 fully saturated rings. The monoisotopic (exact) mass is 160 g/mol. The van der Waals surface area contributed by atoms with E-state index in [0.29, 0.717) is 0 Å². The maximum atomic E-state index is 9.86. The largest absolute Gasteiger partial charge is 0.750 e. The average molecular weight is 160 g/mol. The molecule has 1 rings (SSSR count). The predicted octanol–water partition coefficient (Wildman–Crippen LogP) is 0.325. The fourth-order valence-electron chi connectivity index (χ4n) is 0.564. The van der Waals surface area contributed by atoms with Crippen LogP contribution in [-0.2, 0) is 22.2 Å². The normalized spacial score (nSPS) is 13.3. The summed E-state index contributed by atoms with van der Waals surface area (Å²) in [5, 5.41) is 0. The van der Waals surface area contributed by atoms with Crippen LogP contribution in [0.25, 0.3) is 0 Å². The van der Waals surface area contributed by atoms with Gasteiger partial charge in [0.15, 0.2) is 0 Å². The summed E-state index contributed by atoms with van der Waals surface area (Å²) in [5.74, 6) is 0. The molecule has 0 bridgehead atoms. The summed E-state index contributed by atoms with van der Waals surface area (Å²) < 4.78 is 24.0. The lowest BCUT2D eigenvalue weighted by atomic mass is 10.4. The molecule has 4 nitrogen and oxygen atoms in total.